The Kier molecular flexibility index (Phi) is 3.82. The number of rotatable bonds is 2. The molecule has 0 bridgehead atoms. The van der Waals surface area contributed by atoms with Gasteiger partial charge in [-0.1, -0.05) is 0 Å². The van der Waals surface area contributed by atoms with Crippen LogP contribution in [-0.2, 0) is 6.18 Å². The average Bonchev–Trinajstić information content (AvgIpc) is 2.55. The summed E-state index contributed by atoms with van der Waals surface area (Å²) >= 11 is 0. The summed E-state index contributed by atoms with van der Waals surface area (Å²) in [5.74, 6) is 1.23. The molecule has 2 aromatic rings. The van der Waals surface area contributed by atoms with Gasteiger partial charge in [0.25, 0.3) is 0 Å². The van der Waals surface area contributed by atoms with E-state index in [1.807, 2.05) is 9.80 Å². The molecule has 0 saturated carbocycles. The van der Waals surface area contributed by atoms with Crippen molar-refractivity contribution in [3.05, 3.63) is 42.4 Å². The molecule has 0 amide bonds. The van der Waals surface area contributed by atoms with E-state index in [0.29, 0.717) is 37.9 Å². The van der Waals surface area contributed by atoms with Crippen molar-refractivity contribution in [2.24, 2.45) is 0 Å². The minimum atomic E-state index is -4.35. The molecule has 1 aliphatic heterocycles. The Morgan fingerprint density at radius 2 is 1.50 bits per heavy atom. The van der Waals surface area contributed by atoms with E-state index >= 15 is 0 Å². The molecule has 0 radical (unpaired) electrons. The van der Waals surface area contributed by atoms with Crippen molar-refractivity contribution in [3.8, 4) is 0 Å². The zero-order valence-corrected chi connectivity index (χ0v) is 11.7. The van der Waals surface area contributed by atoms with Crippen LogP contribution in [0.4, 0.5) is 24.9 Å². The average molecular weight is 309 g/mol. The highest BCUT2D eigenvalue weighted by molar-refractivity contribution is 5.43. The van der Waals surface area contributed by atoms with Crippen LogP contribution in [0.2, 0.25) is 0 Å². The van der Waals surface area contributed by atoms with E-state index in [0.717, 1.165) is 12.3 Å². The highest BCUT2D eigenvalue weighted by atomic mass is 19.4. The number of hydrogen-bond donors (Lipinski definition) is 0. The lowest BCUT2D eigenvalue weighted by molar-refractivity contribution is -0.137. The topological polar surface area (TPSA) is 45.2 Å². The van der Waals surface area contributed by atoms with Gasteiger partial charge >= 0.3 is 6.18 Å². The number of pyridine rings is 1. The van der Waals surface area contributed by atoms with Crippen molar-refractivity contribution in [1.82, 2.24) is 15.0 Å². The third kappa shape index (κ3) is 3.10. The number of anilines is 2. The van der Waals surface area contributed by atoms with Gasteiger partial charge in [-0.25, -0.2) is 15.0 Å². The zero-order valence-electron chi connectivity index (χ0n) is 11.7. The third-order valence-electron chi connectivity index (χ3n) is 3.51. The molecule has 3 rings (SSSR count). The minimum absolute atomic E-state index is 0.557. The lowest BCUT2D eigenvalue weighted by Gasteiger charge is -2.35. The van der Waals surface area contributed by atoms with E-state index in [-0.39, 0.29) is 0 Å². The number of aromatic nitrogens is 3. The Morgan fingerprint density at radius 3 is 2.05 bits per heavy atom. The summed E-state index contributed by atoms with van der Waals surface area (Å²) in [7, 11) is 0. The van der Waals surface area contributed by atoms with E-state index in [1.54, 1.807) is 18.5 Å². The second-order valence-corrected chi connectivity index (χ2v) is 4.93. The summed E-state index contributed by atoms with van der Waals surface area (Å²) in [6, 6.07) is 4.23. The maximum atomic E-state index is 12.5. The van der Waals surface area contributed by atoms with Crippen molar-refractivity contribution in [2.45, 2.75) is 6.18 Å². The fourth-order valence-electron chi connectivity index (χ4n) is 2.33. The Hall–Kier alpha value is -2.38. The first-order valence-electron chi connectivity index (χ1n) is 6.84. The van der Waals surface area contributed by atoms with Crippen molar-refractivity contribution in [2.75, 3.05) is 36.0 Å². The zero-order chi connectivity index (χ0) is 15.6. The van der Waals surface area contributed by atoms with Crippen LogP contribution in [0.5, 0.6) is 0 Å². The molecule has 22 heavy (non-hydrogen) atoms. The number of piperazine rings is 1. The van der Waals surface area contributed by atoms with E-state index in [2.05, 4.69) is 15.0 Å². The summed E-state index contributed by atoms with van der Waals surface area (Å²) in [5.41, 5.74) is -0.729. The molecule has 0 aromatic carbocycles. The first kappa shape index (κ1) is 14.6. The van der Waals surface area contributed by atoms with E-state index in [9.17, 15) is 13.2 Å². The standard InChI is InChI=1S/C14H14F3N5/c15-14(16,17)11-2-3-12(20-10-11)21-6-8-22(9-7-21)13-18-4-1-5-19-13/h1-5,10H,6-9H2. The lowest BCUT2D eigenvalue weighted by Crippen LogP contribution is -2.47. The predicted octanol–water partition coefficient (Wildman–Crippen LogP) is 2.22. The minimum Gasteiger partial charge on any atom is -0.353 e. The van der Waals surface area contributed by atoms with E-state index in [4.69, 9.17) is 0 Å². The molecule has 8 heteroatoms. The summed E-state index contributed by atoms with van der Waals surface area (Å²) in [6.07, 6.45) is -0.102. The quantitative estimate of drug-likeness (QED) is 0.851. The van der Waals surface area contributed by atoms with Crippen LogP contribution in [0.15, 0.2) is 36.8 Å². The molecule has 0 atom stereocenters. The smallest absolute Gasteiger partial charge is 0.353 e. The third-order valence-corrected chi connectivity index (χ3v) is 3.51. The summed E-state index contributed by atoms with van der Waals surface area (Å²) in [6.45, 7) is 2.73. The van der Waals surface area contributed by atoms with Crippen molar-refractivity contribution in [1.29, 1.82) is 0 Å². The van der Waals surface area contributed by atoms with Crippen molar-refractivity contribution in [3.63, 3.8) is 0 Å². The molecule has 5 nitrogen and oxygen atoms in total. The van der Waals surface area contributed by atoms with Gasteiger partial charge in [-0.15, -0.1) is 0 Å². The fourth-order valence-corrected chi connectivity index (χ4v) is 2.33. The highest BCUT2D eigenvalue weighted by Crippen LogP contribution is 2.29. The maximum Gasteiger partial charge on any atom is 0.417 e. The molecule has 1 saturated heterocycles. The number of hydrogen-bond acceptors (Lipinski definition) is 5. The van der Waals surface area contributed by atoms with Crippen LogP contribution in [-0.4, -0.2) is 41.1 Å². The number of nitrogens with zero attached hydrogens (tertiary/aromatic N) is 5. The van der Waals surface area contributed by atoms with Gasteiger partial charge in [0.2, 0.25) is 5.95 Å². The van der Waals surface area contributed by atoms with Gasteiger partial charge in [0.1, 0.15) is 5.82 Å². The summed E-state index contributed by atoms with van der Waals surface area (Å²) in [5, 5.41) is 0. The van der Waals surface area contributed by atoms with Crippen LogP contribution in [0.3, 0.4) is 0 Å². The molecular formula is C14H14F3N5. The number of alkyl halides is 3. The Labute approximate surface area is 125 Å². The maximum absolute atomic E-state index is 12.5. The van der Waals surface area contributed by atoms with Gasteiger partial charge in [-0.3, -0.25) is 0 Å². The molecule has 2 aromatic heterocycles. The van der Waals surface area contributed by atoms with Gasteiger partial charge in [0.15, 0.2) is 0 Å². The molecule has 1 fully saturated rings. The summed E-state index contributed by atoms with van der Waals surface area (Å²) in [4.78, 5) is 16.3. The van der Waals surface area contributed by atoms with Crippen LogP contribution in [0.1, 0.15) is 5.56 Å². The molecule has 1 aliphatic rings. The van der Waals surface area contributed by atoms with Crippen LogP contribution in [0, 0.1) is 0 Å². The Balaban J connectivity index is 1.64. The lowest BCUT2D eigenvalue weighted by atomic mass is 10.2. The second-order valence-electron chi connectivity index (χ2n) is 4.93. The van der Waals surface area contributed by atoms with Crippen LogP contribution < -0.4 is 9.80 Å². The molecule has 0 aliphatic carbocycles. The van der Waals surface area contributed by atoms with Crippen LogP contribution >= 0.6 is 0 Å². The van der Waals surface area contributed by atoms with Gasteiger partial charge in [-0.05, 0) is 18.2 Å². The van der Waals surface area contributed by atoms with Crippen molar-refractivity contribution < 1.29 is 13.2 Å². The van der Waals surface area contributed by atoms with Gasteiger partial charge in [-0.2, -0.15) is 13.2 Å². The Bertz CT molecular complexity index is 607. The number of halogens is 3. The Morgan fingerprint density at radius 1 is 0.864 bits per heavy atom. The molecule has 0 unspecified atom stereocenters. The molecule has 0 N–H and O–H groups in total. The molecule has 3 heterocycles. The first-order valence-corrected chi connectivity index (χ1v) is 6.84. The van der Waals surface area contributed by atoms with E-state index in [1.165, 1.54) is 6.07 Å². The first-order chi connectivity index (χ1) is 10.5. The SMILES string of the molecule is FC(F)(F)c1ccc(N2CCN(c3ncccn3)CC2)nc1. The largest absolute Gasteiger partial charge is 0.417 e. The second kappa shape index (κ2) is 5.78. The molecule has 116 valence electrons. The van der Waals surface area contributed by atoms with Crippen molar-refractivity contribution >= 4 is 11.8 Å². The van der Waals surface area contributed by atoms with Crippen LogP contribution in [0.25, 0.3) is 0 Å². The predicted molar refractivity (Wildman–Crippen MR) is 75.7 cm³/mol. The van der Waals surface area contributed by atoms with Gasteiger partial charge in [0, 0.05) is 44.8 Å². The highest BCUT2D eigenvalue weighted by Gasteiger charge is 2.31. The normalized spacial score (nSPS) is 16.0. The molecular weight excluding hydrogens is 295 g/mol. The monoisotopic (exact) mass is 309 g/mol. The van der Waals surface area contributed by atoms with Gasteiger partial charge < -0.3 is 9.80 Å². The fraction of sp³-hybridized carbons (Fsp3) is 0.357. The summed E-state index contributed by atoms with van der Waals surface area (Å²) < 4.78 is 37.6. The van der Waals surface area contributed by atoms with Gasteiger partial charge in [0.05, 0.1) is 5.56 Å². The van der Waals surface area contributed by atoms with E-state index < -0.39 is 11.7 Å². The molecule has 0 spiro atoms.